The average molecular weight is 539 g/mol. The second-order valence-corrected chi connectivity index (χ2v) is 11.1. The van der Waals surface area contributed by atoms with Crippen molar-refractivity contribution in [3.8, 4) is 0 Å². The molecule has 0 aromatic heterocycles. The van der Waals surface area contributed by atoms with Crippen LogP contribution in [-0.4, -0.2) is 31.5 Å². The van der Waals surface area contributed by atoms with Crippen molar-refractivity contribution in [1.82, 2.24) is 0 Å². The third kappa shape index (κ3) is 6.58. The molecule has 0 saturated carbocycles. The van der Waals surface area contributed by atoms with E-state index in [4.69, 9.17) is 0 Å². The minimum Gasteiger partial charge on any atom is -0.480 e. The summed E-state index contributed by atoms with van der Waals surface area (Å²) in [6.07, 6.45) is 3.02. The van der Waals surface area contributed by atoms with E-state index < -0.39 is 26.7 Å². The smallest absolute Gasteiger partial charge is 0.330 e. The number of carbonyl (C=O) groups is 2. The van der Waals surface area contributed by atoms with Gasteiger partial charge < -0.3 is 10.2 Å². The molecule has 0 amide bonds. The van der Waals surface area contributed by atoms with E-state index in [-0.39, 0.29) is 0 Å². The molecule has 2 N–H and O–H groups in total. The van der Waals surface area contributed by atoms with Gasteiger partial charge in [0.05, 0.1) is 0 Å². The molecule has 7 heteroatoms. The third-order valence-electron chi connectivity index (χ3n) is 6.47. The van der Waals surface area contributed by atoms with E-state index in [1.165, 1.54) is 6.08 Å². The predicted octanol–water partition coefficient (Wildman–Crippen LogP) is 6.53. The van der Waals surface area contributed by atoms with Crippen LogP contribution in [0.4, 0.5) is 0 Å². The van der Waals surface area contributed by atoms with Crippen LogP contribution in [0.2, 0.25) is 0 Å². The molecule has 188 valence electrons. The van der Waals surface area contributed by atoms with Crippen molar-refractivity contribution in [2.24, 2.45) is 0 Å². The lowest BCUT2D eigenvalue weighted by Crippen LogP contribution is -2.36. The Bertz CT molecular complexity index is 1080. The van der Waals surface area contributed by atoms with Crippen LogP contribution in [0.5, 0.6) is 0 Å². The van der Waals surface area contributed by atoms with Crippen molar-refractivity contribution in [2.75, 3.05) is 0 Å². The number of carboxylic acids is 2. The van der Waals surface area contributed by atoms with E-state index in [1.807, 2.05) is 54.6 Å². The second-order valence-electron chi connectivity index (χ2n) is 8.73. The highest BCUT2D eigenvalue weighted by Gasteiger charge is 2.38. The Hall–Kier alpha value is -2.61. The summed E-state index contributed by atoms with van der Waals surface area (Å²) in [5.41, 5.74) is 3.52. The van der Waals surface area contributed by atoms with Gasteiger partial charge in [0.25, 0.3) is 0 Å². The molecule has 0 heterocycles. The first-order chi connectivity index (χ1) is 17.2. The van der Waals surface area contributed by atoms with Gasteiger partial charge >= 0.3 is 11.9 Å². The van der Waals surface area contributed by atoms with E-state index in [1.54, 1.807) is 0 Å². The maximum atomic E-state index is 11.7. The first-order valence-corrected chi connectivity index (χ1v) is 13.0. The van der Waals surface area contributed by atoms with E-state index in [2.05, 4.69) is 74.3 Å². The maximum absolute atomic E-state index is 11.7. The fraction of sp³-hybridized carbons (Fsp3) is 0.241. The van der Waals surface area contributed by atoms with Gasteiger partial charge in [-0.15, -0.1) is 25.3 Å². The topological polar surface area (TPSA) is 74.6 Å². The molecule has 0 aliphatic carbocycles. The first-order valence-electron chi connectivity index (χ1n) is 11.6. The predicted molar refractivity (Wildman–Crippen MR) is 155 cm³/mol. The number of hydrogen-bond acceptors (Lipinski definition) is 5. The summed E-state index contributed by atoms with van der Waals surface area (Å²) in [5, 5.41) is 18.3. The van der Waals surface area contributed by atoms with Gasteiger partial charge in [-0.05, 0) is 42.4 Å². The van der Waals surface area contributed by atoms with Crippen LogP contribution in [0.1, 0.15) is 42.4 Å². The van der Waals surface area contributed by atoms with Gasteiger partial charge in [-0.2, -0.15) is 12.6 Å². The average Bonchev–Trinajstić information content (AvgIpc) is 2.88. The van der Waals surface area contributed by atoms with Gasteiger partial charge in [0.1, 0.15) is 0 Å². The van der Waals surface area contributed by atoms with Crippen molar-refractivity contribution in [2.45, 2.75) is 40.4 Å². The summed E-state index contributed by atoms with van der Waals surface area (Å²) >= 11 is 12.7. The van der Waals surface area contributed by atoms with Crippen LogP contribution in [0.15, 0.2) is 103 Å². The number of allylic oxidation sites excluding steroid dienone is 1. The maximum Gasteiger partial charge on any atom is 0.330 e. The van der Waals surface area contributed by atoms with Crippen molar-refractivity contribution >= 4 is 49.8 Å². The normalized spacial score (nSPS) is 13.2. The summed E-state index contributed by atoms with van der Waals surface area (Å²) in [4.78, 5) is 23.2. The number of rotatable bonds is 12. The SMILES string of the molecule is O=C(O)C=C(CCC(S)C(S)(S)C(=O)O)CCC(c1ccccc1)(c1ccccc1)c1ccccc1. The van der Waals surface area contributed by atoms with E-state index >= 15 is 0 Å². The molecule has 3 aromatic carbocycles. The Morgan fingerprint density at radius 1 is 0.750 bits per heavy atom. The second kappa shape index (κ2) is 12.6. The summed E-state index contributed by atoms with van der Waals surface area (Å²) in [5.74, 6) is -2.22. The highest BCUT2D eigenvalue weighted by atomic mass is 32.2. The number of carboxylic acid groups (broad SMARTS) is 2. The zero-order chi connectivity index (χ0) is 26.2. The Labute approximate surface area is 228 Å². The van der Waals surface area contributed by atoms with Gasteiger partial charge in [-0.1, -0.05) is 96.6 Å². The molecule has 1 atom stereocenters. The van der Waals surface area contributed by atoms with Gasteiger partial charge in [-0.25, -0.2) is 9.59 Å². The zero-order valence-corrected chi connectivity index (χ0v) is 22.4. The van der Waals surface area contributed by atoms with Crippen LogP contribution in [0, 0.1) is 0 Å². The summed E-state index contributed by atoms with van der Waals surface area (Å²) in [7, 11) is 0. The Morgan fingerprint density at radius 3 is 1.53 bits per heavy atom. The molecule has 3 aromatic rings. The molecule has 3 rings (SSSR count). The zero-order valence-electron chi connectivity index (χ0n) is 19.7. The minimum atomic E-state index is -1.63. The highest BCUT2D eigenvalue weighted by Crippen LogP contribution is 2.44. The lowest BCUT2D eigenvalue weighted by Gasteiger charge is -2.36. The molecule has 4 nitrogen and oxygen atoms in total. The molecule has 0 saturated heterocycles. The number of hydrogen-bond donors (Lipinski definition) is 5. The van der Waals surface area contributed by atoms with E-state index in [9.17, 15) is 19.8 Å². The van der Waals surface area contributed by atoms with Crippen molar-refractivity contribution in [1.29, 1.82) is 0 Å². The molecule has 0 aliphatic rings. The first kappa shape index (κ1) is 28.0. The number of benzene rings is 3. The number of aliphatic carboxylic acids is 2. The summed E-state index contributed by atoms with van der Waals surface area (Å²) in [6, 6.07) is 30.7. The summed E-state index contributed by atoms with van der Waals surface area (Å²) < 4.78 is -1.63. The van der Waals surface area contributed by atoms with Gasteiger partial charge in [0.2, 0.25) is 0 Å². The lowest BCUT2D eigenvalue weighted by atomic mass is 9.66. The Balaban J connectivity index is 2.01. The summed E-state index contributed by atoms with van der Waals surface area (Å²) in [6.45, 7) is 0. The molecular formula is C29H30O4S3. The van der Waals surface area contributed by atoms with Crippen LogP contribution in [0.3, 0.4) is 0 Å². The highest BCUT2D eigenvalue weighted by molar-refractivity contribution is 8.03. The molecular weight excluding hydrogens is 509 g/mol. The van der Waals surface area contributed by atoms with Crippen LogP contribution >= 0.6 is 37.9 Å². The van der Waals surface area contributed by atoms with Crippen molar-refractivity contribution in [3.63, 3.8) is 0 Å². The van der Waals surface area contributed by atoms with Crippen LogP contribution in [-0.2, 0) is 15.0 Å². The third-order valence-corrected chi connectivity index (χ3v) is 8.53. The monoisotopic (exact) mass is 538 g/mol. The standard InChI is InChI=1S/C29H30O4S3/c30-26(31)20-21(16-17-25(34)29(35,36)27(32)33)18-19-28(22-10-4-1-5-11-22,23-12-6-2-7-13-23)24-14-8-3-9-15-24/h1-15,20,25,34-36H,16-19H2,(H,30,31)(H,32,33). The van der Waals surface area contributed by atoms with E-state index in [0.29, 0.717) is 31.3 Å². The molecule has 36 heavy (non-hydrogen) atoms. The largest absolute Gasteiger partial charge is 0.480 e. The van der Waals surface area contributed by atoms with Crippen LogP contribution < -0.4 is 0 Å². The fourth-order valence-corrected chi connectivity index (χ4v) is 5.06. The molecule has 0 radical (unpaired) electrons. The van der Waals surface area contributed by atoms with Crippen molar-refractivity contribution < 1.29 is 19.8 Å². The van der Waals surface area contributed by atoms with Gasteiger partial charge in [0, 0.05) is 16.7 Å². The number of thiol groups is 3. The molecule has 0 bridgehead atoms. The molecule has 0 fully saturated rings. The van der Waals surface area contributed by atoms with Crippen molar-refractivity contribution in [3.05, 3.63) is 119 Å². The molecule has 1 unspecified atom stereocenters. The Morgan fingerprint density at radius 2 is 1.17 bits per heavy atom. The Kier molecular flexibility index (Phi) is 9.77. The fourth-order valence-electron chi connectivity index (χ4n) is 4.56. The van der Waals surface area contributed by atoms with Crippen LogP contribution in [0.25, 0.3) is 0 Å². The minimum absolute atomic E-state index is 0.316. The lowest BCUT2D eigenvalue weighted by molar-refractivity contribution is -0.137. The molecule has 0 spiro atoms. The van der Waals surface area contributed by atoms with Gasteiger partial charge in [0.15, 0.2) is 4.08 Å². The quantitative estimate of drug-likeness (QED) is 0.0787. The van der Waals surface area contributed by atoms with E-state index in [0.717, 1.165) is 16.7 Å². The molecule has 0 aliphatic heterocycles. The van der Waals surface area contributed by atoms with Gasteiger partial charge in [-0.3, -0.25) is 0 Å².